The summed E-state index contributed by atoms with van der Waals surface area (Å²) in [5.41, 5.74) is 2.65. The number of hydrogen-bond donors (Lipinski definition) is 1. The third kappa shape index (κ3) is 4.08. The summed E-state index contributed by atoms with van der Waals surface area (Å²) in [5, 5.41) is 5.01. The van der Waals surface area contributed by atoms with E-state index in [0.29, 0.717) is 5.69 Å². The van der Waals surface area contributed by atoms with E-state index in [2.05, 4.69) is 21.7 Å². The second-order valence-corrected chi connectivity index (χ2v) is 10.2. The van der Waals surface area contributed by atoms with E-state index >= 15 is 0 Å². The van der Waals surface area contributed by atoms with E-state index in [0.717, 1.165) is 29.4 Å². The highest BCUT2D eigenvalue weighted by Gasteiger charge is 2.26. The maximum absolute atomic E-state index is 12.8. The smallest absolute Gasteiger partial charge is 0.242 e. The summed E-state index contributed by atoms with van der Waals surface area (Å²) in [5.74, 6) is -0.129. The Morgan fingerprint density at radius 1 is 1.30 bits per heavy atom. The van der Waals surface area contributed by atoms with Crippen LogP contribution in [-0.4, -0.2) is 50.2 Å². The van der Waals surface area contributed by atoms with Crippen LogP contribution in [0.2, 0.25) is 0 Å². The largest absolute Gasteiger partial charge is 0.324 e. The first-order chi connectivity index (χ1) is 12.7. The third-order valence-electron chi connectivity index (χ3n) is 5.01. The van der Waals surface area contributed by atoms with Gasteiger partial charge in [-0.25, -0.2) is 12.7 Å². The molecule has 1 aromatic carbocycles. The molecule has 1 N–H and O–H groups in total. The lowest BCUT2D eigenvalue weighted by atomic mass is 10.1. The van der Waals surface area contributed by atoms with E-state index in [1.165, 1.54) is 30.6 Å². The van der Waals surface area contributed by atoms with Crippen molar-refractivity contribution in [2.24, 2.45) is 0 Å². The van der Waals surface area contributed by atoms with Crippen molar-refractivity contribution in [2.75, 3.05) is 26.0 Å². The second kappa shape index (κ2) is 7.71. The molecule has 1 amide bonds. The van der Waals surface area contributed by atoms with Crippen LogP contribution in [-0.2, 0) is 27.8 Å². The van der Waals surface area contributed by atoms with Crippen LogP contribution < -0.4 is 5.32 Å². The number of nitrogens with one attached hydrogen (secondary N) is 1. The van der Waals surface area contributed by atoms with Crippen LogP contribution in [0.1, 0.15) is 22.9 Å². The van der Waals surface area contributed by atoms with Gasteiger partial charge in [0.15, 0.2) is 0 Å². The number of amides is 1. The molecule has 2 heterocycles. The van der Waals surface area contributed by atoms with Gasteiger partial charge < -0.3 is 5.32 Å². The lowest BCUT2D eigenvalue weighted by Crippen LogP contribution is -2.44. The summed E-state index contributed by atoms with van der Waals surface area (Å²) >= 11 is 1.77. The van der Waals surface area contributed by atoms with E-state index in [-0.39, 0.29) is 16.8 Å². The molecule has 3 rings (SSSR count). The molecule has 0 saturated carbocycles. The number of rotatable bonds is 5. The Balaban J connectivity index is 1.76. The number of nitrogens with zero attached hydrogens (tertiary/aromatic N) is 2. The first-order valence-corrected chi connectivity index (χ1v) is 11.2. The molecule has 6 nitrogen and oxygen atoms in total. The molecule has 1 aliphatic heterocycles. The Kier molecular flexibility index (Phi) is 5.71. The summed E-state index contributed by atoms with van der Waals surface area (Å²) < 4.78 is 25.9. The van der Waals surface area contributed by atoms with Gasteiger partial charge in [-0.05, 0) is 55.0 Å². The molecule has 0 aliphatic carbocycles. The van der Waals surface area contributed by atoms with Gasteiger partial charge in [-0.1, -0.05) is 6.07 Å². The van der Waals surface area contributed by atoms with Crippen LogP contribution in [0.15, 0.2) is 34.5 Å². The number of sulfonamides is 1. The Morgan fingerprint density at radius 3 is 2.74 bits per heavy atom. The molecule has 0 spiro atoms. The zero-order valence-electron chi connectivity index (χ0n) is 16.0. The van der Waals surface area contributed by atoms with Crippen molar-refractivity contribution in [1.82, 2.24) is 9.21 Å². The highest BCUT2D eigenvalue weighted by Crippen LogP contribution is 2.26. The van der Waals surface area contributed by atoms with Crippen molar-refractivity contribution in [2.45, 2.75) is 37.8 Å². The highest BCUT2D eigenvalue weighted by molar-refractivity contribution is 7.89. The normalized spacial score (nSPS) is 16.2. The number of benzene rings is 1. The molecule has 1 aliphatic rings. The van der Waals surface area contributed by atoms with Crippen molar-refractivity contribution in [3.63, 3.8) is 0 Å². The van der Waals surface area contributed by atoms with Crippen LogP contribution in [0, 0.1) is 6.92 Å². The zero-order chi connectivity index (χ0) is 19.8. The van der Waals surface area contributed by atoms with Gasteiger partial charge in [-0.15, -0.1) is 11.3 Å². The first-order valence-electron chi connectivity index (χ1n) is 8.83. The van der Waals surface area contributed by atoms with E-state index < -0.39 is 10.0 Å². The minimum absolute atomic E-state index is 0.129. The molecule has 1 aromatic heterocycles. The van der Waals surface area contributed by atoms with Gasteiger partial charge in [0.05, 0.1) is 10.9 Å². The maximum atomic E-state index is 12.8. The van der Waals surface area contributed by atoms with Gasteiger partial charge in [0, 0.05) is 37.7 Å². The van der Waals surface area contributed by atoms with Crippen LogP contribution in [0.5, 0.6) is 0 Å². The molecule has 0 saturated heterocycles. The number of fused-ring (bicyclic) bond motifs is 1. The molecule has 1 atom stereocenters. The average Bonchev–Trinajstić information content (AvgIpc) is 3.10. The molecule has 27 heavy (non-hydrogen) atoms. The molecule has 1 unspecified atom stereocenters. The molecule has 0 bridgehead atoms. The fraction of sp³-hybridized carbons (Fsp3) is 0.421. The van der Waals surface area contributed by atoms with Crippen LogP contribution in [0.4, 0.5) is 5.69 Å². The number of anilines is 1. The number of aryl methyl sites for hydroxylation is 1. The Hall–Kier alpha value is -1.74. The first kappa shape index (κ1) is 20.0. The topological polar surface area (TPSA) is 69.7 Å². The molecular formula is C19H25N3O3S2. The summed E-state index contributed by atoms with van der Waals surface area (Å²) in [7, 11) is -0.566. The molecular weight excluding hydrogens is 382 g/mol. The van der Waals surface area contributed by atoms with Crippen molar-refractivity contribution in [3.8, 4) is 0 Å². The average molecular weight is 408 g/mol. The molecule has 0 fully saturated rings. The van der Waals surface area contributed by atoms with E-state index in [1.807, 2.05) is 13.8 Å². The number of carbonyl (C=O) groups excluding carboxylic acids is 1. The van der Waals surface area contributed by atoms with Gasteiger partial charge in [0.2, 0.25) is 15.9 Å². The quantitative estimate of drug-likeness (QED) is 0.827. The Morgan fingerprint density at radius 2 is 2.04 bits per heavy atom. The molecule has 8 heteroatoms. The lowest BCUT2D eigenvalue weighted by Gasteiger charge is -2.31. The zero-order valence-corrected chi connectivity index (χ0v) is 17.7. The SMILES string of the molecule is Cc1ccc(S(=O)(=O)N(C)C)cc1NC(=O)C(C)N1CCc2sccc2C1. The van der Waals surface area contributed by atoms with Crippen molar-refractivity contribution in [1.29, 1.82) is 0 Å². The molecule has 146 valence electrons. The fourth-order valence-corrected chi connectivity index (χ4v) is 4.93. The fourth-order valence-electron chi connectivity index (χ4n) is 3.11. The maximum Gasteiger partial charge on any atom is 0.242 e. The van der Waals surface area contributed by atoms with Crippen LogP contribution >= 0.6 is 11.3 Å². The Bertz CT molecular complexity index is 951. The van der Waals surface area contributed by atoms with Gasteiger partial charge in [-0.2, -0.15) is 0 Å². The Labute approximate surface area is 164 Å². The monoisotopic (exact) mass is 407 g/mol. The van der Waals surface area contributed by atoms with Gasteiger partial charge >= 0.3 is 0 Å². The van der Waals surface area contributed by atoms with Gasteiger partial charge in [0.1, 0.15) is 0 Å². The van der Waals surface area contributed by atoms with Crippen LogP contribution in [0.25, 0.3) is 0 Å². The van der Waals surface area contributed by atoms with Crippen molar-refractivity contribution in [3.05, 3.63) is 45.6 Å². The summed E-state index contributed by atoms with van der Waals surface area (Å²) in [4.78, 5) is 16.5. The standard InChI is InChI=1S/C19H25N3O3S2/c1-13-5-6-16(27(24,25)21(3)4)11-17(13)20-19(23)14(2)22-9-7-18-15(12-22)8-10-26-18/h5-6,8,10-11,14H,7,9,12H2,1-4H3,(H,20,23). The minimum atomic E-state index is -3.55. The number of carbonyl (C=O) groups is 1. The van der Waals surface area contributed by atoms with Crippen molar-refractivity contribution < 1.29 is 13.2 Å². The third-order valence-corrected chi connectivity index (χ3v) is 7.84. The lowest BCUT2D eigenvalue weighted by molar-refractivity contribution is -0.121. The van der Waals surface area contributed by atoms with Crippen LogP contribution in [0.3, 0.4) is 0 Å². The molecule has 0 radical (unpaired) electrons. The van der Waals surface area contributed by atoms with Crippen molar-refractivity contribution >= 4 is 33.0 Å². The minimum Gasteiger partial charge on any atom is -0.324 e. The summed E-state index contributed by atoms with van der Waals surface area (Å²) in [6, 6.07) is 6.63. The van der Waals surface area contributed by atoms with Gasteiger partial charge in [-0.3, -0.25) is 9.69 Å². The predicted molar refractivity (Wildman–Crippen MR) is 109 cm³/mol. The summed E-state index contributed by atoms with van der Waals surface area (Å²) in [6.45, 7) is 5.35. The number of hydrogen-bond acceptors (Lipinski definition) is 5. The van der Waals surface area contributed by atoms with E-state index in [4.69, 9.17) is 0 Å². The highest BCUT2D eigenvalue weighted by atomic mass is 32.2. The van der Waals surface area contributed by atoms with E-state index in [1.54, 1.807) is 23.5 Å². The predicted octanol–water partition coefficient (Wildman–Crippen LogP) is 2.69. The summed E-state index contributed by atoms with van der Waals surface area (Å²) in [6.07, 6.45) is 0.959. The van der Waals surface area contributed by atoms with E-state index in [9.17, 15) is 13.2 Å². The van der Waals surface area contributed by atoms with Gasteiger partial charge in [0.25, 0.3) is 0 Å². The second-order valence-electron chi connectivity index (χ2n) is 7.02. The molecule has 2 aromatic rings. The number of thiophene rings is 1.